The summed E-state index contributed by atoms with van der Waals surface area (Å²) in [7, 11) is 0. The highest BCUT2D eigenvalue weighted by atomic mass is 14.9. The Kier molecular flexibility index (Phi) is 7.87. The van der Waals surface area contributed by atoms with Crippen molar-refractivity contribution in [1.29, 1.82) is 0 Å². The zero-order valence-corrected chi connectivity index (χ0v) is 10.4. The van der Waals surface area contributed by atoms with Gasteiger partial charge in [0, 0.05) is 6.04 Å². The molecule has 1 nitrogen and oxygen atoms in total. The van der Waals surface area contributed by atoms with Gasteiger partial charge in [-0.15, -0.1) is 6.58 Å². The summed E-state index contributed by atoms with van der Waals surface area (Å²) in [5, 5.41) is 3.55. The van der Waals surface area contributed by atoms with E-state index in [1.165, 1.54) is 24.8 Å². The molecule has 0 fully saturated rings. The van der Waals surface area contributed by atoms with Crippen LogP contribution in [0, 0.1) is 5.92 Å². The van der Waals surface area contributed by atoms with Crippen molar-refractivity contribution in [3.63, 3.8) is 0 Å². The topological polar surface area (TPSA) is 12.0 Å². The molecule has 84 valence electrons. The Morgan fingerprint density at radius 1 is 1.21 bits per heavy atom. The van der Waals surface area contributed by atoms with E-state index in [9.17, 15) is 0 Å². The molecule has 1 unspecified atom stereocenters. The van der Waals surface area contributed by atoms with Crippen molar-refractivity contribution in [2.45, 2.75) is 59.4 Å². The molecule has 1 atom stereocenters. The zero-order chi connectivity index (χ0) is 11.0. The highest BCUT2D eigenvalue weighted by molar-refractivity contribution is 4.89. The number of hydrogen-bond donors (Lipinski definition) is 1. The largest absolute Gasteiger partial charge is 0.314 e. The van der Waals surface area contributed by atoms with Crippen molar-refractivity contribution in [3.8, 4) is 0 Å². The highest BCUT2D eigenvalue weighted by Crippen LogP contribution is 2.12. The Balaban J connectivity index is 3.70. The second-order valence-electron chi connectivity index (χ2n) is 4.72. The zero-order valence-electron chi connectivity index (χ0n) is 10.4. The van der Waals surface area contributed by atoms with E-state index in [1.54, 1.807) is 0 Å². The van der Waals surface area contributed by atoms with E-state index in [0.717, 1.165) is 18.9 Å². The Morgan fingerprint density at radius 2 is 1.86 bits per heavy atom. The first-order valence-corrected chi connectivity index (χ1v) is 5.94. The normalized spacial score (nSPS) is 13.2. The van der Waals surface area contributed by atoms with E-state index in [4.69, 9.17) is 0 Å². The number of nitrogens with one attached hydrogen (secondary N) is 1. The van der Waals surface area contributed by atoms with Crippen molar-refractivity contribution in [2.24, 2.45) is 5.92 Å². The van der Waals surface area contributed by atoms with Gasteiger partial charge in [0.25, 0.3) is 0 Å². The number of rotatable bonds is 8. The summed E-state index contributed by atoms with van der Waals surface area (Å²) in [6.45, 7) is 13.9. The summed E-state index contributed by atoms with van der Waals surface area (Å²) < 4.78 is 0. The fraction of sp³-hybridized carbons (Fsp3) is 0.846. The first kappa shape index (κ1) is 13.7. The molecular formula is C13H27N. The molecule has 0 radical (unpaired) electrons. The van der Waals surface area contributed by atoms with E-state index in [0.29, 0.717) is 6.04 Å². The van der Waals surface area contributed by atoms with Crippen LogP contribution in [-0.2, 0) is 0 Å². The molecule has 0 aliphatic carbocycles. The summed E-state index contributed by atoms with van der Waals surface area (Å²) >= 11 is 0. The predicted molar refractivity (Wildman–Crippen MR) is 65.6 cm³/mol. The lowest BCUT2D eigenvalue weighted by Crippen LogP contribution is -2.29. The van der Waals surface area contributed by atoms with Gasteiger partial charge >= 0.3 is 0 Å². The van der Waals surface area contributed by atoms with Gasteiger partial charge < -0.3 is 5.32 Å². The molecule has 0 aromatic rings. The highest BCUT2D eigenvalue weighted by Gasteiger charge is 2.07. The first-order valence-electron chi connectivity index (χ1n) is 5.94. The molecule has 0 bridgehead atoms. The smallest absolute Gasteiger partial charge is 0.00700 e. The van der Waals surface area contributed by atoms with Crippen LogP contribution in [0.15, 0.2) is 12.2 Å². The molecule has 0 spiro atoms. The van der Waals surface area contributed by atoms with Crippen molar-refractivity contribution in [1.82, 2.24) is 5.32 Å². The summed E-state index contributed by atoms with van der Waals surface area (Å²) in [5.41, 5.74) is 1.30. The molecule has 0 aromatic heterocycles. The lowest BCUT2D eigenvalue weighted by atomic mass is 9.98. The maximum absolute atomic E-state index is 3.95. The molecule has 0 saturated carbocycles. The Morgan fingerprint density at radius 3 is 2.29 bits per heavy atom. The SMILES string of the molecule is C=C(C)CCC(CCC(C)C)NCC. The summed E-state index contributed by atoms with van der Waals surface area (Å²) in [5.74, 6) is 0.820. The standard InChI is InChI=1S/C13H27N/c1-6-14-13(9-7-11(2)3)10-8-12(4)5/h12-14H,2,6-10H2,1,3-5H3. The van der Waals surface area contributed by atoms with E-state index in [1.807, 2.05) is 0 Å². The Labute approximate surface area is 90.0 Å². The van der Waals surface area contributed by atoms with Crippen LogP contribution in [0.4, 0.5) is 0 Å². The molecule has 14 heavy (non-hydrogen) atoms. The van der Waals surface area contributed by atoms with Gasteiger partial charge in [-0.25, -0.2) is 0 Å². The fourth-order valence-electron chi connectivity index (χ4n) is 1.59. The van der Waals surface area contributed by atoms with Crippen LogP contribution >= 0.6 is 0 Å². The van der Waals surface area contributed by atoms with E-state index < -0.39 is 0 Å². The molecule has 0 heterocycles. The Bertz CT molecular complexity index is 149. The van der Waals surface area contributed by atoms with Crippen LogP contribution in [0.1, 0.15) is 53.4 Å². The van der Waals surface area contributed by atoms with Crippen LogP contribution in [0.2, 0.25) is 0 Å². The van der Waals surface area contributed by atoms with E-state index in [2.05, 4.69) is 39.6 Å². The van der Waals surface area contributed by atoms with Gasteiger partial charge in [-0.3, -0.25) is 0 Å². The number of allylic oxidation sites excluding steroid dienone is 1. The van der Waals surface area contributed by atoms with Gasteiger partial charge in [0.15, 0.2) is 0 Å². The molecular weight excluding hydrogens is 170 g/mol. The minimum atomic E-state index is 0.694. The minimum absolute atomic E-state index is 0.694. The summed E-state index contributed by atoms with van der Waals surface area (Å²) in [6.07, 6.45) is 5.04. The molecule has 0 rings (SSSR count). The number of hydrogen-bond acceptors (Lipinski definition) is 1. The quantitative estimate of drug-likeness (QED) is 0.584. The van der Waals surface area contributed by atoms with Crippen LogP contribution < -0.4 is 5.32 Å². The molecule has 0 aliphatic heterocycles. The van der Waals surface area contributed by atoms with Crippen LogP contribution in [-0.4, -0.2) is 12.6 Å². The van der Waals surface area contributed by atoms with Crippen LogP contribution in [0.3, 0.4) is 0 Å². The molecule has 0 amide bonds. The van der Waals surface area contributed by atoms with Crippen molar-refractivity contribution in [2.75, 3.05) is 6.54 Å². The molecule has 0 aliphatic rings. The maximum Gasteiger partial charge on any atom is 0.00700 e. The maximum atomic E-state index is 3.95. The van der Waals surface area contributed by atoms with E-state index >= 15 is 0 Å². The van der Waals surface area contributed by atoms with Crippen molar-refractivity contribution < 1.29 is 0 Å². The lowest BCUT2D eigenvalue weighted by molar-refractivity contribution is 0.417. The third kappa shape index (κ3) is 8.31. The van der Waals surface area contributed by atoms with Gasteiger partial charge in [-0.2, -0.15) is 0 Å². The lowest BCUT2D eigenvalue weighted by Gasteiger charge is -2.18. The molecule has 1 N–H and O–H groups in total. The molecule has 1 heteroatoms. The molecule has 0 aromatic carbocycles. The van der Waals surface area contributed by atoms with Crippen molar-refractivity contribution >= 4 is 0 Å². The average Bonchev–Trinajstić information content (AvgIpc) is 2.09. The Hall–Kier alpha value is -0.300. The van der Waals surface area contributed by atoms with E-state index in [-0.39, 0.29) is 0 Å². The van der Waals surface area contributed by atoms with Crippen LogP contribution in [0.5, 0.6) is 0 Å². The summed E-state index contributed by atoms with van der Waals surface area (Å²) in [4.78, 5) is 0. The summed E-state index contributed by atoms with van der Waals surface area (Å²) in [6, 6.07) is 0.694. The van der Waals surface area contributed by atoms with Gasteiger partial charge in [-0.1, -0.05) is 26.3 Å². The van der Waals surface area contributed by atoms with Gasteiger partial charge in [-0.05, 0) is 45.1 Å². The monoisotopic (exact) mass is 197 g/mol. The minimum Gasteiger partial charge on any atom is -0.314 e. The van der Waals surface area contributed by atoms with Crippen molar-refractivity contribution in [3.05, 3.63) is 12.2 Å². The second kappa shape index (κ2) is 8.05. The second-order valence-corrected chi connectivity index (χ2v) is 4.72. The van der Waals surface area contributed by atoms with Crippen LogP contribution in [0.25, 0.3) is 0 Å². The first-order chi connectivity index (χ1) is 6.56. The van der Waals surface area contributed by atoms with Gasteiger partial charge in [0.2, 0.25) is 0 Å². The third-order valence-electron chi connectivity index (χ3n) is 2.50. The molecule has 0 saturated heterocycles. The van der Waals surface area contributed by atoms with Gasteiger partial charge in [0.05, 0.1) is 0 Å². The third-order valence-corrected chi connectivity index (χ3v) is 2.50. The van der Waals surface area contributed by atoms with Gasteiger partial charge in [0.1, 0.15) is 0 Å². The average molecular weight is 197 g/mol. The fourth-order valence-corrected chi connectivity index (χ4v) is 1.59. The predicted octanol–water partition coefficient (Wildman–Crippen LogP) is 3.76.